The standard InChI is InChI=1S/C17H17ClN2O2S/c1-2-22-13-5-3-12(4-6-13)11-17(21)20-10-9-14(19-20)15-7-8-16(18)23-15/h3-8H,2,9-11H2,1H3. The van der Waals surface area contributed by atoms with E-state index in [9.17, 15) is 4.79 Å². The van der Waals surface area contributed by atoms with E-state index < -0.39 is 0 Å². The molecule has 0 saturated heterocycles. The van der Waals surface area contributed by atoms with Crippen molar-refractivity contribution in [1.29, 1.82) is 0 Å². The second-order valence-corrected chi connectivity index (χ2v) is 6.89. The maximum Gasteiger partial charge on any atom is 0.247 e. The Balaban J connectivity index is 1.63. The van der Waals surface area contributed by atoms with E-state index in [1.54, 1.807) is 5.01 Å². The van der Waals surface area contributed by atoms with Crippen molar-refractivity contribution in [2.45, 2.75) is 19.8 Å². The molecule has 0 fully saturated rings. The smallest absolute Gasteiger partial charge is 0.247 e. The lowest BCUT2D eigenvalue weighted by atomic mass is 10.1. The molecule has 0 spiro atoms. The van der Waals surface area contributed by atoms with E-state index in [1.165, 1.54) is 11.3 Å². The van der Waals surface area contributed by atoms with Crippen LogP contribution in [0.5, 0.6) is 5.75 Å². The van der Waals surface area contributed by atoms with Gasteiger partial charge in [-0.25, -0.2) is 5.01 Å². The molecule has 2 aromatic rings. The summed E-state index contributed by atoms with van der Waals surface area (Å²) in [5.41, 5.74) is 1.89. The molecule has 3 rings (SSSR count). The number of nitrogens with zero attached hydrogens (tertiary/aromatic N) is 2. The summed E-state index contributed by atoms with van der Waals surface area (Å²) >= 11 is 7.44. The molecular weight excluding hydrogens is 332 g/mol. The first-order valence-electron chi connectivity index (χ1n) is 7.51. The molecule has 1 aliphatic rings. The fraction of sp³-hybridized carbons (Fsp3) is 0.294. The Hall–Kier alpha value is -1.85. The van der Waals surface area contributed by atoms with E-state index in [4.69, 9.17) is 16.3 Å². The molecule has 0 N–H and O–H groups in total. The van der Waals surface area contributed by atoms with E-state index >= 15 is 0 Å². The van der Waals surface area contributed by atoms with E-state index in [1.807, 2.05) is 43.3 Å². The van der Waals surface area contributed by atoms with Gasteiger partial charge < -0.3 is 4.74 Å². The zero-order valence-electron chi connectivity index (χ0n) is 12.8. The first kappa shape index (κ1) is 16.0. The molecule has 6 heteroatoms. The summed E-state index contributed by atoms with van der Waals surface area (Å²) in [4.78, 5) is 13.4. The molecule has 1 aromatic heterocycles. The van der Waals surface area contributed by atoms with Crippen molar-refractivity contribution in [1.82, 2.24) is 5.01 Å². The number of hydrogen-bond acceptors (Lipinski definition) is 4. The highest BCUT2D eigenvalue weighted by Crippen LogP contribution is 2.25. The second kappa shape index (κ2) is 7.15. The van der Waals surface area contributed by atoms with Gasteiger partial charge in [-0.05, 0) is 36.8 Å². The maximum atomic E-state index is 12.4. The topological polar surface area (TPSA) is 41.9 Å². The van der Waals surface area contributed by atoms with Crippen LogP contribution in [0.15, 0.2) is 41.5 Å². The summed E-state index contributed by atoms with van der Waals surface area (Å²) < 4.78 is 6.14. The van der Waals surface area contributed by atoms with Crippen LogP contribution < -0.4 is 4.74 Å². The first-order chi connectivity index (χ1) is 11.2. The van der Waals surface area contributed by atoms with Crippen molar-refractivity contribution in [2.24, 2.45) is 5.10 Å². The maximum absolute atomic E-state index is 12.4. The van der Waals surface area contributed by atoms with Gasteiger partial charge in [-0.15, -0.1) is 11.3 Å². The molecule has 2 heterocycles. The number of thiophene rings is 1. The number of hydrogen-bond donors (Lipinski definition) is 0. The lowest BCUT2D eigenvalue weighted by Gasteiger charge is -2.11. The summed E-state index contributed by atoms with van der Waals surface area (Å²) in [6.07, 6.45) is 1.11. The second-order valence-electron chi connectivity index (χ2n) is 5.17. The first-order valence-corrected chi connectivity index (χ1v) is 8.70. The third kappa shape index (κ3) is 3.92. The summed E-state index contributed by atoms with van der Waals surface area (Å²) in [5, 5.41) is 6.00. The molecule has 0 aliphatic carbocycles. The Morgan fingerprint density at radius 2 is 2.09 bits per heavy atom. The molecule has 1 aliphatic heterocycles. The Morgan fingerprint density at radius 3 is 2.74 bits per heavy atom. The average Bonchev–Trinajstić information content (AvgIpc) is 3.18. The van der Waals surface area contributed by atoms with E-state index in [0.717, 1.165) is 32.7 Å². The van der Waals surface area contributed by atoms with E-state index in [2.05, 4.69) is 5.10 Å². The molecule has 1 amide bonds. The predicted octanol–water partition coefficient (Wildman–Crippen LogP) is 3.98. The van der Waals surface area contributed by atoms with Crippen LogP contribution in [0.2, 0.25) is 4.34 Å². The highest BCUT2D eigenvalue weighted by Gasteiger charge is 2.22. The van der Waals surface area contributed by atoms with Crippen LogP contribution >= 0.6 is 22.9 Å². The van der Waals surface area contributed by atoms with Gasteiger partial charge in [0.15, 0.2) is 0 Å². The molecule has 0 radical (unpaired) electrons. The SMILES string of the molecule is CCOc1ccc(CC(=O)N2CCC(c3ccc(Cl)s3)=N2)cc1. The molecule has 0 atom stereocenters. The highest BCUT2D eigenvalue weighted by molar-refractivity contribution is 7.18. The van der Waals surface area contributed by atoms with Crippen molar-refractivity contribution in [3.63, 3.8) is 0 Å². The Kier molecular flexibility index (Phi) is 4.98. The fourth-order valence-electron chi connectivity index (χ4n) is 2.42. The Bertz CT molecular complexity index is 724. The molecule has 23 heavy (non-hydrogen) atoms. The normalized spacial score (nSPS) is 14.0. The van der Waals surface area contributed by atoms with E-state index in [0.29, 0.717) is 19.6 Å². The lowest BCUT2D eigenvalue weighted by Crippen LogP contribution is -2.25. The van der Waals surface area contributed by atoms with Gasteiger partial charge in [-0.3, -0.25) is 4.79 Å². The highest BCUT2D eigenvalue weighted by atomic mass is 35.5. The van der Waals surface area contributed by atoms with Crippen LogP contribution in [-0.4, -0.2) is 29.8 Å². The monoisotopic (exact) mass is 348 g/mol. The van der Waals surface area contributed by atoms with Gasteiger partial charge in [0.1, 0.15) is 5.75 Å². The number of amides is 1. The zero-order valence-corrected chi connectivity index (χ0v) is 14.4. The minimum atomic E-state index is 0.00631. The predicted molar refractivity (Wildman–Crippen MR) is 93.5 cm³/mol. The molecule has 1 aromatic carbocycles. The third-order valence-corrected chi connectivity index (χ3v) is 4.82. The van der Waals surface area contributed by atoms with E-state index in [-0.39, 0.29) is 5.91 Å². The molecule has 0 bridgehead atoms. The minimum Gasteiger partial charge on any atom is -0.494 e. The van der Waals surface area contributed by atoms with Crippen molar-refractivity contribution >= 4 is 34.6 Å². The Labute approximate surface area is 144 Å². The van der Waals surface area contributed by atoms with Gasteiger partial charge in [-0.1, -0.05) is 23.7 Å². The number of benzene rings is 1. The summed E-state index contributed by atoms with van der Waals surface area (Å²) in [7, 11) is 0. The molecular formula is C17H17ClN2O2S. The number of ether oxygens (including phenoxy) is 1. The minimum absolute atomic E-state index is 0.00631. The quantitative estimate of drug-likeness (QED) is 0.820. The van der Waals surface area contributed by atoms with Crippen molar-refractivity contribution in [3.8, 4) is 5.75 Å². The van der Waals surface area contributed by atoms with Gasteiger partial charge >= 0.3 is 0 Å². The van der Waals surface area contributed by atoms with Crippen LogP contribution in [-0.2, 0) is 11.2 Å². The van der Waals surface area contributed by atoms with Crippen LogP contribution in [0.4, 0.5) is 0 Å². The third-order valence-electron chi connectivity index (χ3n) is 3.54. The van der Waals surface area contributed by atoms with Gasteiger partial charge in [0.25, 0.3) is 0 Å². The number of carbonyl (C=O) groups is 1. The van der Waals surface area contributed by atoms with Crippen LogP contribution in [0.25, 0.3) is 0 Å². The number of halogens is 1. The molecule has 4 nitrogen and oxygen atoms in total. The Morgan fingerprint density at radius 1 is 1.30 bits per heavy atom. The molecule has 0 unspecified atom stereocenters. The van der Waals surface area contributed by atoms with Crippen molar-refractivity contribution in [3.05, 3.63) is 51.2 Å². The summed E-state index contributed by atoms with van der Waals surface area (Å²) in [6, 6.07) is 11.4. The van der Waals surface area contributed by atoms with Crippen molar-refractivity contribution < 1.29 is 9.53 Å². The van der Waals surface area contributed by atoms with Crippen LogP contribution in [0.3, 0.4) is 0 Å². The lowest BCUT2D eigenvalue weighted by molar-refractivity contribution is -0.130. The zero-order chi connectivity index (χ0) is 16.2. The fourth-order valence-corrected chi connectivity index (χ4v) is 3.47. The number of rotatable bonds is 5. The number of hydrazone groups is 1. The molecule has 120 valence electrons. The van der Waals surface area contributed by atoms with Crippen molar-refractivity contribution in [2.75, 3.05) is 13.2 Å². The summed E-state index contributed by atoms with van der Waals surface area (Å²) in [5.74, 6) is 0.826. The van der Waals surface area contributed by atoms with Gasteiger partial charge in [0, 0.05) is 6.42 Å². The number of carbonyl (C=O) groups excluding carboxylic acids is 1. The van der Waals surface area contributed by atoms with Crippen LogP contribution in [0.1, 0.15) is 23.8 Å². The molecule has 0 saturated carbocycles. The van der Waals surface area contributed by atoms with Crippen LogP contribution in [0, 0.1) is 0 Å². The van der Waals surface area contributed by atoms with Gasteiger partial charge in [0.2, 0.25) is 5.91 Å². The summed E-state index contributed by atoms with van der Waals surface area (Å²) in [6.45, 7) is 3.21. The largest absolute Gasteiger partial charge is 0.494 e. The van der Waals surface area contributed by atoms with Gasteiger partial charge in [0.05, 0.1) is 34.5 Å². The van der Waals surface area contributed by atoms with Gasteiger partial charge in [-0.2, -0.15) is 5.10 Å². The average molecular weight is 349 g/mol.